The molecule has 11 unspecified atom stereocenters. The molecule has 2 rings (SSSR count). The lowest BCUT2D eigenvalue weighted by Crippen LogP contribution is -2.61. The van der Waals surface area contributed by atoms with Crippen LogP contribution in [-0.2, 0) is 33.2 Å². The molecule has 0 bridgehead atoms. The first-order valence-electron chi connectivity index (χ1n) is 32.8. The van der Waals surface area contributed by atoms with Gasteiger partial charge in [0, 0.05) is 13.0 Å². The average molecular weight is 1170 g/mol. The van der Waals surface area contributed by atoms with E-state index < -0.39 is 80.7 Å². The van der Waals surface area contributed by atoms with Crippen LogP contribution in [0.25, 0.3) is 0 Å². The molecule has 478 valence electrons. The van der Waals surface area contributed by atoms with Crippen molar-refractivity contribution in [2.75, 3.05) is 33.0 Å². The van der Waals surface area contributed by atoms with Crippen LogP contribution in [0.1, 0.15) is 232 Å². The van der Waals surface area contributed by atoms with Crippen LogP contribution >= 0.6 is 0 Å². The molecule has 0 aromatic rings. The number of carbonyl (C=O) groups excluding carboxylic acids is 1. The highest BCUT2D eigenvalue weighted by Gasteiger charge is 2.47. The van der Waals surface area contributed by atoms with E-state index in [0.717, 1.165) is 96.3 Å². The van der Waals surface area contributed by atoms with E-state index in [9.17, 15) is 40.5 Å². The predicted octanol–water partition coefficient (Wildman–Crippen LogP) is 13.3. The molecular formula is C69H118O14. The number of hydrogen-bond donors (Lipinski definition) is 7. The van der Waals surface area contributed by atoms with Crippen molar-refractivity contribution in [3.8, 4) is 0 Å². The van der Waals surface area contributed by atoms with E-state index in [-0.39, 0.29) is 25.6 Å². The molecule has 0 saturated carbocycles. The Hall–Kier alpha value is -3.09. The van der Waals surface area contributed by atoms with Gasteiger partial charge in [-0.1, -0.05) is 227 Å². The third-order valence-corrected chi connectivity index (χ3v) is 15.1. The second-order valence-corrected chi connectivity index (χ2v) is 22.6. The van der Waals surface area contributed by atoms with Crippen LogP contribution in [0.15, 0.2) is 97.2 Å². The summed E-state index contributed by atoms with van der Waals surface area (Å²) >= 11 is 0. The van der Waals surface area contributed by atoms with Crippen molar-refractivity contribution in [3.63, 3.8) is 0 Å². The first-order chi connectivity index (χ1) is 40.6. The highest BCUT2D eigenvalue weighted by atomic mass is 16.7. The quantitative estimate of drug-likeness (QED) is 0.0172. The summed E-state index contributed by atoms with van der Waals surface area (Å²) < 4.78 is 34.5. The van der Waals surface area contributed by atoms with Crippen molar-refractivity contribution in [1.82, 2.24) is 0 Å². The van der Waals surface area contributed by atoms with Crippen LogP contribution in [0.2, 0.25) is 0 Å². The van der Waals surface area contributed by atoms with Gasteiger partial charge >= 0.3 is 5.97 Å². The average Bonchev–Trinajstić information content (AvgIpc) is 3.69. The Kier molecular flexibility index (Phi) is 49.7. The highest BCUT2D eigenvalue weighted by molar-refractivity contribution is 5.69. The zero-order valence-corrected chi connectivity index (χ0v) is 51.7. The molecule has 2 heterocycles. The molecule has 0 aromatic heterocycles. The number of allylic oxidation sites excluding steroid dienone is 16. The van der Waals surface area contributed by atoms with E-state index in [2.05, 4.69) is 111 Å². The van der Waals surface area contributed by atoms with Gasteiger partial charge in [-0.25, -0.2) is 0 Å². The number of unbranched alkanes of at least 4 members (excludes halogenated alkanes) is 23. The molecule has 2 aliphatic heterocycles. The van der Waals surface area contributed by atoms with Crippen LogP contribution in [0.5, 0.6) is 0 Å². The molecule has 83 heavy (non-hydrogen) atoms. The molecular weight excluding hydrogens is 1050 g/mol. The summed E-state index contributed by atoms with van der Waals surface area (Å²) in [6.45, 7) is 3.55. The molecule has 7 N–H and O–H groups in total. The van der Waals surface area contributed by atoms with Gasteiger partial charge < -0.3 is 64.2 Å². The fourth-order valence-electron chi connectivity index (χ4n) is 9.85. The topological polar surface area (TPSA) is 214 Å². The summed E-state index contributed by atoms with van der Waals surface area (Å²) in [5.74, 6) is -0.386. The van der Waals surface area contributed by atoms with Gasteiger partial charge in [-0.15, -0.1) is 0 Å². The fourth-order valence-corrected chi connectivity index (χ4v) is 9.85. The van der Waals surface area contributed by atoms with Gasteiger partial charge in [-0.2, -0.15) is 0 Å². The number of hydrogen-bond acceptors (Lipinski definition) is 14. The highest BCUT2D eigenvalue weighted by Crippen LogP contribution is 2.27. The van der Waals surface area contributed by atoms with Gasteiger partial charge in [-0.05, 0) is 96.3 Å². The maximum Gasteiger partial charge on any atom is 0.306 e. The Bertz CT molecular complexity index is 1740. The lowest BCUT2D eigenvalue weighted by atomic mass is 9.98. The Morgan fingerprint density at radius 2 is 0.783 bits per heavy atom. The van der Waals surface area contributed by atoms with E-state index in [0.29, 0.717) is 13.0 Å². The minimum Gasteiger partial charge on any atom is -0.457 e. The number of carbonyl (C=O) groups is 1. The standard InChI is InChI=1S/C69H118O14/c1-3-5-7-9-11-13-15-17-19-21-23-25-27-28-29-31-33-35-37-39-41-43-45-47-49-51-53-78-55-58(56-79-68-67(77)65(75)63(73)60(83-68)57-80-69-66(76)64(74)62(72)59(54-70)82-69)81-61(71)52-50-48-46-44-42-40-38-36-34-32-30-26-24-22-20-18-16-14-12-10-8-6-4-2/h5,7,11,13,16-19,22-25,28-30,32,58-60,62-70,72-77H,3-4,6,8-10,12,14-15,20-21,26-27,31,33-57H2,1-2H3/b7-5-,13-11-,18-16-,19-17-,24-22-,25-23-,29-28-,32-30-. The Morgan fingerprint density at radius 3 is 1.23 bits per heavy atom. The third-order valence-electron chi connectivity index (χ3n) is 15.1. The van der Waals surface area contributed by atoms with Gasteiger partial charge in [0.05, 0.1) is 26.4 Å². The van der Waals surface area contributed by atoms with E-state index in [1.54, 1.807) is 0 Å². The fraction of sp³-hybridized carbons (Fsp3) is 0.754. The minimum atomic E-state index is -1.72. The smallest absolute Gasteiger partial charge is 0.306 e. The van der Waals surface area contributed by atoms with Crippen LogP contribution in [-0.4, -0.2) is 142 Å². The Balaban J connectivity index is 1.68. The van der Waals surface area contributed by atoms with Crippen molar-refractivity contribution in [1.29, 1.82) is 0 Å². The van der Waals surface area contributed by atoms with Crippen molar-refractivity contribution >= 4 is 5.97 Å². The monoisotopic (exact) mass is 1170 g/mol. The molecule has 11 atom stereocenters. The van der Waals surface area contributed by atoms with Gasteiger partial charge in [0.25, 0.3) is 0 Å². The van der Waals surface area contributed by atoms with E-state index in [4.69, 9.17) is 28.4 Å². The summed E-state index contributed by atoms with van der Waals surface area (Å²) in [5, 5.41) is 72.6. The molecule has 0 spiro atoms. The number of ether oxygens (including phenoxy) is 6. The maximum absolute atomic E-state index is 13.1. The normalized spacial score (nSPS) is 24.1. The number of esters is 1. The molecule has 2 aliphatic rings. The largest absolute Gasteiger partial charge is 0.457 e. The first-order valence-corrected chi connectivity index (χ1v) is 32.8. The van der Waals surface area contributed by atoms with Gasteiger partial charge in [0.15, 0.2) is 12.6 Å². The van der Waals surface area contributed by atoms with Crippen molar-refractivity contribution in [3.05, 3.63) is 97.2 Å². The summed E-state index contributed by atoms with van der Waals surface area (Å²) in [6.07, 6.45) is 57.5. The van der Waals surface area contributed by atoms with Crippen molar-refractivity contribution < 1.29 is 69.0 Å². The van der Waals surface area contributed by atoms with Crippen LogP contribution < -0.4 is 0 Å². The molecule has 2 saturated heterocycles. The molecule has 14 nitrogen and oxygen atoms in total. The van der Waals surface area contributed by atoms with Gasteiger partial charge in [0.2, 0.25) is 0 Å². The molecule has 0 aliphatic carbocycles. The van der Waals surface area contributed by atoms with Gasteiger partial charge in [-0.3, -0.25) is 4.79 Å². The molecule has 2 fully saturated rings. The second kappa shape index (κ2) is 54.3. The SMILES string of the molecule is CC/C=C\C/C=C\C/C=C\C/C=C\C/C=C\CCCCCCCCCCCCOCC(COC1OC(COC2OC(CO)C(O)C(O)C2O)C(O)C(O)C1O)OC(=O)CCCCCCCCCC/C=C\C/C=C\C/C=C\CCCCCCC. The summed E-state index contributed by atoms with van der Waals surface area (Å²) in [6, 6.07) is 0. The second-order valence-electron chi connectivity index (χ2n) is 22.6. The lowest BCUT2D eigenvalue weighted by Gasteiger charge is -2.42. The molecule has 0 amide bonds. The number of rotatable bonds is 53. The van der Waals surface area contributed by atoms with E-state index >= 15 is 0 Å². The van der Waals surface area contributed by atoms with Crippen molar-refractivity contribution in [2.24, 2.45) is 0 Å². The minimum absolute atomic E-state index is 0.0501. The lowest BCUT2D eigenvalue weighted by molar-refractivity contribution is -0.332. The van der Waals surface area contributed by atoms with Crippen LogP contribution in [0.4, 0.5) is 0 Å². The summed E-state index contributed by atoms with van der Waals surface area (Å²) in [7, 11) is 0. The number of aliphatic hydroxyl groups is 7. The zero-order valence-electron chi connectivity index (χ0n) is 51.7. The van der Waals surface area contributed by atoms with Crippen molar-refractivity contribution in [2.45, 2.75) is 300 Å². The van der Waals surface area contributed by atoms with Gasteiger partial charge in [0.1, 0.15) is 54.9 Å². The summed E-state index contributed by atoms with van der Waals surface area (Å²) in [5.41, 5.74) is 0. The predicted molar refractivity (Wildman–Crippen MR) is 334 cm³/mol. The van der Waals surface area contributed by atoms with E-state index in [1.807, 2.05) is 0 Å². The maximum atomic E-state index is 13.1. The van der Waals surface area contributed by atoms with E-state index in [1.165, 1.54) is 109 Å². The number of aliphatic hydroxyl groups excluding tert-OH is 7. The molecule has 14 heteroatoms. The summed E-state index contributed by atoms with van der Waals surface area (Å²) in [4.78, 5) is 13.1. The Morgan fingerprint density at radius 1 is 0.410 bits per heavy atom. The third kappa shape index (κ3) is 40.1. The zero-order chi connectivity index (χ0) is 60.1. The Labute approximate surface area is 502 Å². The van der Waals surface area contributed by atoms with Crippen LogP contribution in [0.3, 0.4) is 0 Å². The molecule has 0 aromatic carbocycles. The first kappa shape index (κ1) is 76.0. The van der Waals surface area contributed by atoms with Crippen LogP contribution in [0, 0.1) is 0 Å². The molecule has 0 radical (unpaired) electrons.